The van der Waals surface area contributed by atoms with Crippen molar-refractivity contribution in [2.45, 2.75) is 20.3 Å². The fourth-order valence-electron chi connectivity index (χ4n) is 1.73. The van der Waals surface area contributed by atoms with Gasteiger partial charge in [-0.15, -0.1) is 0 Å². The number of furan rings is 1. The molecule has 0 aliphatic rings. The minimum absolute atomic E-state index is 0.104. The molecule has 2 N–H and O–H groups in total. The fourth-order valence-corrected chi connectivity index (χ4v) is 1.73. The molecule has 0 atom stereocenters. The third-order valence-electron chi connectivity index (χ3n) is 2.44. The van der Waals surface area contributed by atoms with Gasteiger partial charge in [-0.3, -0.25) is 0 Å². The molecule has 1 aromatic heterocycles. The number of rotatable bonds is 1. The Bertz CT molecular complexity index is 483. The molecule has 2 aromatic rings. The highest BCUT2D eigenvalue weighted by molar-refractivity contribution is 5.85. The summed E-state index contributed by atoms with van der Waals surface area (Å²) in [6.07, 6.45) is 0.850. The van der Waals surface area contributed by atoms with E-state index in [4.69, 9.17) is 4.42 Å². The Hall–Kier alpha value is -1.64. The van der Waals surface area contributed by atoms with Gasteiger partial charge in [0.2, 0.25) is 0 Å². The van der Waals surface area contributed by atoms with Crippen LogP contribution in [0.15, 0.2) is 16.5 Å². The van der Waals surface area contributed by atoms with Crippen LogP contribution in [0.2, 0.25) is 0 Å². The standard InChI is InChI=1S/C11H12O3/c1-3-7-6(2)14-11-5-10(13)9(12)4-8(7)11/h4-5,12-13H,3H2,1-2H3. The van der Waals surface area contributed by atoms with E-state index < -0.39 is 0 Å². The number of hydrogen-bond donors (Lipinski definition) is 2. The van der Waals surface area contributed by atoms with Gasteiger partial charge >= 0.3 is 0 Å². The summed E-state index contributed by atoms with van der Waals surface area (Å²) < 4.78 is 5.45. The van der Waals surface area contributed by atoms with Gasteiger partial charge in [-0.1, -0.05) is 6.92 Å². The van der Waals surface area contributed by atoms with Crippen LogP contribution in [0.25, 0.3) is 11.0 Å². The Balaban J connectivity index is 2.82. The highest BCUT2D eigenvalue weighted by Crippen LogP contribution is 2.34. The van der Waals surface area contributed by atoms with E-state index >= 15 is 0 Å². The SMILES string of the molecule is CCc1c(C)oc2cc(O)c(O)cc12. The number of aryl methyl sites for hydroxylation is 2. The molecule has 0 saturated heterocycles. The first-order valence-corrected chi connectivity index (χ1v) is 4.57. The van der Waals surface area contributed by atoms with Gasteiger partial charge in [0.05, 0.1) is 0 Å². The first kappa shape index (κ1) is 8.94. The van der Waals surface area contributed by atoms with Crippen LogP contribution < -0.4 is 0 Å². The van der Waals surface area contributed by atoms with Crippen LogP contribution in [0.4, 0.5) is 0 Å². The largest absolute Gasteiger partial charge is 0.504 e. The van der Waals surface area contributed by atoms with Crippen molar-refractivity contribution in [3.05, 3.63) is 23.5 Å². The van der Waals surface area contributed by atoms with E-state index in [1.807, 2.05) is 13.8 Å². The molecule has 3 heteroatoms. The molecular weight excluding hydrogens is 180 g/mol. The minimum Gasteiger partial charge on any atom is -0.504 e. The number of phenols is 2. The van der Waals surface area contributed by atoms with E-state index in [0.29, 0.717) is 5.58 Å². The van der Waals surface area contributed by atoms with E-state index in [-0.39, 0.29) is 11.5 Å². The maximum Gasteiger partial charge on any atom is 0.161 e. The molecule has 0 spiro atoms. The van der Waals surface area contributed by atoms with Crippen LogP contribution in [0.5, 0.6) is 11.5 Å². The maximum absolute atomic E-state index is 9.35. The molecule has 3 nitrogen and oxygen atoms in total. The van der Waals surface area contributed by atoms with E-state index in [9.17, 15) is 10.2 Å². The zero-order valence-corrected chi connectivity index (χ0v) is 8.16. The normalized spacial score (nSPS) is 11.0. The van der Waals surface area contributed by atoms with Crippen LogP contribution in [-0.4, -0.2) is 10.2 Å². The molecule has 0 unspecified atom stereocenters. The number of aromatic hydroxyl groups is 2. The number of hydrogen-bond acceptors (Lipinski definition) is 3. The molecule has 0 fully saturated rings. The van der Waals surface area contributed by atoms with Crippen molar-refractivity contribution in [3.8, 4) is 11.5 Å². The molecule has 74 valence electrons. The molecule has 0 aliphatic heterocycles. The zero-order chi connectivity index (χ0) is 10.3. The quantitative estimate of drug-likeness (QED) is 0.683. The smallest absolute Gasteiger partial charge is 0.161 e. The van der Waals surface area contributed by atoms with Crippen molar-refractivity contribution in [2.24, 2.45) is 0 Å². The summed E-state index contributed by atoms with van der Waals surface area (Å²) in [5, 5.41) is 19.5. The number of benzene rings is 1. The molecule has 0 saturated carbocycles. The third-order valence-corrected chi connectivity index (χ3v) is 2.44. The lowest BCUT2D eigenvalue weighted by molar-refractivity contribution is 0.404. The third kappa shape index (κ3) is 1.13. The second-order valence-corrected chi connectivity index (χ2v) is 3.33. The van der Waals surface area contributed by atoms with E-state index in [0.717, 1.165) is 23.1 Å². The van der Waals surface area contributed by atoms with E-state index in [2.05, 4.69) is 0 Å². The lowest BCUT2D eigenvalue weighted by atomic mass is 10.1. The van der Waals surface area contributed by atoms with Gasteiger partial charge in [-0.25, -0.2) is 0 Å². The van der Waals surface area contributed by atoms with Crippen LogP contribution in [0.1, 0.15) is 18.2 Å². The molecule has 0 bridgehead atoms. The monoisotopic (exact) mass is 192 g/mol. The van der Waals surface area contributed by atoms with Gasteiger partial charge in [0.25, 0.3) is 0 Å². The highest BCUT2D eigenvalue weighted by atomic mass is 16.3. The molecular formula is C11H12O3. The Labute approximate surface area is 81.6 Å². The van der Waals surface area contributed by atoms with Crippen molar-refractivity contribution in [3.63, 3.8) is 0 Å². The molecule has 0 aliphatic carbocycles. The Morgan fingerprint density at radius 2 is 1.86 bits per heavy atom. The van der Waals surface area contributed by atoms with Gasteiger partial charge in [0.1, 0.15) is 11.3 Å². The van der Waals surface area contributed by atoms with Gasteiger partial charge < -0.3 is 14.6 Å². The van der Waals surface area contributed by atoms with E-state index in [1.165, 1.54) is 6.07 Å². The second-order valence-electron chi connectivity index (χ2n) is 3.33. The first-order valence-electron chi connectivity index (χ1n) is 4.57. The molecule has 2 rings (SSSR count). The topological polar surface area (TPSA) is 53.6 Å². The predicted octanol–water partition coefficient (Wildman–Crippen LogP) is 2.71. The highest BCUT2D eigenvalue weighted by Gasteiger charge is 2.12. The predicted molar refractivity (Wildman–Crippen MR) is 53.7 cm³/mol. The Morgan fingerprint density at radius 3 is 2.50 bits per heavy atom. The van der Waals surface area contributed by atoms with Crippen molar-refractivity contribution >= 4 is 11.0 Å². The fraction of sp³-hybridized carbons (Fsp3) is 0.273. The first-order chi connectivity index (χ1) is 6.63. The average Bonchev–Trinajstić information content (AvgIpc) is 2.42. The van der Waals surface area contributed by atoms with Crippen LogP contribution in [0, 0.1) is 6.92 Å². The molecule has 0 radical (unpaired) electrons. The minimum atomic E-state index is -0.145. The summed E-state index contributed by atoms with van der Waals surface area (Å²) in [4.78, 5) is 0. The summed E-state index contributed by atoms with van der Waals surface area (Å²) in [7, 11) is 0. The van der Waals surface area contributed by atoms with Crippen LogP contribution in [-0.2, 0) is 6.42 Å². The van der Waals surface area contributed by atoms with Crippen molar-refractivity contribution in [2.75, 3.05) is 0 Å². The molecule has 1 heterocycles. The summed E-state index contributed by atoms with van der Waals surface area (Å²) in [5.41, 5.74) is 1.70. The summed E-state index contributed by atoms with van der Waals surface area (Å²) >= 11 is 0. The summed E-state index contributed by atoms with van der Waals surface area (Å²) in [5.74, 6) is 0.592. The van der Waals surface area contributed by atoms with Gasteiger partial charge in [-0.05, 0) is 19.4 Å². The average molecular weight is 192 g/mol. The van der Waals surface area contributed by atoms with Gasteiger partial charge in [0, 0.05) is 17.0 Å². The van der Waals surface area contributed by atoms with Crippen LogP contribution in [0.3, 0.4) is 0 Å². The van der Waals surface area contributed by atoms with Crippen molar-refractivity contribution < 1.29 is 14.6 Å². The van der Waals surface area contributed by atoms with Crippen molar-refractivity contribution in [1.29, 1.82) is 0 Å². The Kier molecular flexibility index (Phi) is 1.88. The number of fused-ring (bicyclic) bond motifs is 1. The van der Waals surface area contributed by atoms with E-state index in [1.54, 1.807) is 6.07 Å². The maximum atomic E-state index is 9.35. The zero-order valence-electron chi connectivity index (χ0n) is 8.16. The van der Waals surface area contributed by atoms with Gasteiger partial charge in [0.15, 0.2) is 11.5 Å². The summed E-state index contributed by atoms with van der Waals surface area (Å²) in [6, 6.07) is 2.98. The second kappa shape index (κ2) is 2.94. The van der Waals surface area contributed by atoms with Crippen molar-refractivity contribution in [1.82, 2.24) is 0 Å². The summed E-state index contributed by atoms with van der Waals surface area (Å²) in [6.45, 7) is 3.91. The van der Waals surface area contributed by atoms with Gasteiger partial charge in [-0.2, -0.15) is 0 Å². The number of phenolic OH excluding ortho intramolecular Hbond substituents is 2. The molecule has 1 aromatic carbocycles. The van der Waals surface area contributed by atoms with Crippen LogP contribution >= 0.6 is 0 Å². The lowest BCUT2D eigenvalue weighted by Crippen LogP contribution is -1.79. The molecule has 14 heavy (non-hydrogen) atoms. The Morgan fingerprint density at radius 1 is 1.21 bits per heavy atom. The lowest BCUT2D eigenvalue weighted by Gasteiger charge is -1.97. The molecule has 0 amide bonds.